The van der Waals surface area contributed by atoms with Gasteiger partial charge in [-0.1, -0.05) is 12.1 Å². The third kappa shape index (κ3) is 4.66. The SMILES string of the molecule is NNCCc1cccc(OC(F)(F)F)c1. The van der Waals surface area contributed by atoms with Crippen molar-refractivity contribution in [1.82, 2.24) is 5.43 Å². The van der Waals surface area contributed by atoms with Crippen molar-refractivity contribution in [1.29, 1.82) is 0 Å². The Morgan fingerprint density at radius 3 is 2.67 bits per heavy atom. The molecule has 0 saturated heterocycles. The summed E-state index contributed by atoms with van der Waals surface area (Å²) in [5.41, 5.74) is 3.15. The molecule has 0 aliphatic heterocycles. The van der Waals surface area contributed by atoms with Crippen LogP contribution >= 0.6 is 0 Å². The molecule has 0 bridgehead atoms. The van der Waals surface area contributed by atoms with Gasteiger partial charge < -0.3 is 4.74 Å². The van der Waals surface area contributed by atoms with E-state index in [4.69, 9.17) is 5.84 Å². The predicted molar refractivity (Wildman–Crippen MR) is 49.0 cm³/mol. The molecule has 1 rings (SSSR count). The second kappa shape index (κ2) is 4.99. The Bertz CT molecular complexity index is 314. The average molecular weight is 220 g/mol. The molecule has 0 aliphatic carbocycles. The monoisotopic (exact) mass is 220 g/mol. The van der Waals surface area contributed by atoms with Gasteiger partial charge in [0, 0.05) is 6.54 Å². The van der Waals surface area contributed by atoms with Gasteiger partial charge in [0.15, 0.2) is 0 Å². The molecule has 1 aromatic rings. The van der Waals surface area contributed by atoms with E-state index in [9.17, 15) is 13.2 Å². The van der Waals surface area contributed by atoms with Crippen LogP contribution in [0.1, 0.15) is 5.56 Å². The summed E-state index contributed by atoms with van der Waals surface area (Å²) >= 11 is 0. The Kier molecular flexibility index (Phi) is 3.93. The minimum absolute atomic E-state index is 0.211. The zero-order valence-corrected chi connectivity index (χ0v) is 7.84. The predicted octanol–water partition coefficient (Wildman–Crippen LogP) is 1.59. The van der Waals surface area contributed by atoms with Crippen LogP contribution in [0.15, 0.2) is 24.3 Å². The van der Waals surface area contributed by atoms with Crippen LogP contribution in [0.25, 0.3) is 0 Å². The van der Waals surface area contributed by atoms with Gasteiger partial charge in [-0.2, -0.15) is 0 Å². The first kappa shape index (κ1) is 11.8. The van der Waals surface area contributed by atoms with Crippen molar-refractivity contribution in [3.05, 3.63) is 29.8 Å². The molecular formula is C9H11F3N2O. The quantitative estimate of drug-likeness (QED) is 0.598. The zero-order valence-electron chi connectivity index (χ0n) is 7.84. The van der Waals surface area contributed by atoms with Gasteiger partial charge in [0.25, 0.3) is 0 Å². The van der Waals surface area contributed by atoms with Gasteiger partial charge in [-0.3, -0.25) is 11.3 Å². The average Bonchev–Trinajstić information content (AvgIpc) is 2.12. The van der Waals surface area contributed by atoms with Crippen molar-refractivity contribution in [3.8, 4) is 5.75 Å². The number of halogens is 3. The summed E-state index contributed by atoms with van der Waals surface area (Å²) in [7, 11) is 0. The summed E-state index contributed by atoms with van der Waals surface area (Å²) in [6, 6.07) is 5.81. The highest BCUT2D eigenvalue weighted by atomic mass is 19.4. The number of ether oxygens (including phenoxy) is 1. The molecule has 0 aliphatic rings. The van der Waals surface area contributed by atoms with E-state index in [2.05, 4.69) is 10.2 Å². The van der Waals surface area contributed by atoms with Crippen molar-refractivity contribution in [2.24, 2.45) is 5.84 Å². The van der Waals surface area contributed by atoms with Crippen LogP contribution in [0.4, 0.5) is 13.2 Å². The largest absolute Gasteiger partial charge is 0.573 e. The molecule has 0 radical (unpaired) electrons. The summed E-state index contributed by atoms with van der Waals surface area (Å²) in [6.07, 6.45) is -4.10. The molecule has 0 heterocycles. The first-order valence-corrected chi connectivity index (χ1v) is 4.29. The van der Waals surface area contributed by atoms with E-state index in [-0.39, 0.29) is 5.75 Å². The maximum absolute atomic E-state index is 11.9. The number of nitrogens with two attached hydrogens (primary N) is 1. The Labute approximate surface area is 85.0 Å². The minimum Gasteiger partial charge on any atom is -0.406 e. The lowest BCUT2D eigenvalue weighted by atomic mass is 10.1. The summed E-state index contributed by atoms with van der Waals surface area (Å²) in [6.45, 7) is 0.496. The normalized spacial score (nSPS) is 11.5. The molecule has 15 heavy (non-hydrogen) atoms. The Balaban J connectivity index is 2.66. The molecule has 3 N–H and O–H groups in total. The van der Waals surface area contributed by atoms with E-state index in [1.807, 2.05) is 0 Å². The van der Waals surface area contributed by atoms with Gasteiger partial charge in [0.2, 0.25) is 0 Å². The van der Waals surface area contributed by atoms with Crippen LogP contribution in [0.2, 0.25) is 0 Å². The number of rotatable bonds is 4. The molecule has 0 unspecified atom stereocenters. The second-order valence-corrected chi connectivity index (χ2v) is 2.90. The maximum Gasteiger partial charge on any atom is 0.573 e. The fraction of sp³-hybridized carbons (Fsp3) is 0.333. The van der Waals surface area contributed by atoms with Crippen molar-refractivity contribution in [2.75, 3.05) is 6.54 Å². The van der Waals surface area contributed by atoms with Crippen molar-refractivity contribution in [2.45, 2.75) is 12.8 Å². The van der Waals surface area contributed by atoms with Crippen LogP contribution < -0.4 is 16.0 Å². The lowest BCUT2D eigenvalue weighted by Gasteiger charge is -2.09. The number of benzene rings is 1. The number of nitrogens with one attached hydrogen (secondary N) is 1. The van der Waals surface area contributed by atoms with Crippen LogP contribution in [0.5, 0.6) is 5.75 Å². The lowest BCUT2D eigenvalue weighted by Crippen LogP contribution is -2.24. The number of hydrogen-bond acceptors (Lipinski definition) is 3. The lowest BCUT2D eigenvalue weighted by molar-refractivity contribution is -0.274. The minimum atomic E-state index is -4.65. The molecule has 0 fully saturated rings. The van der Waals surface area contributed by atoms with E-state index in [1.165, 1.54) is 18.2 Å². The highest BCUT2D eigenvalue weighted by Crippen LogP contribution is 2.23. The molecule has 1 aromatic carbocycles. The first-order valence-electron chi connectivity index (χ1n) is 4.29. The molecule has 0 amide bonds. The van der Waals surface area contributed by atoms with Gasteiger partial charge >= 0.3 is 6.36 Å². The fourth-order valence-corrected chi connectivity index (χ4v) is 1.11. The van der Waals surface area contributed by atoms with E-state index in [0.29, 0.717) is 13.0 Å². The van der Waals surface area contributed by atoms with E-state index >= 15 is 0 Å². The summed E-state index contributed by atoms with van der Waals surface area (Å²) < 4.78 is 39.4. The van der Waals surface area contributed by atoms with Gasteiger partial charge in [-0.05, 0) is 24.1 Å². The van der Waals surface area contributed by atoms with Gasteiger partial charge in [-0.15, -0.1) is 13.2 Å². The zero-order chi connectivity index (χ0) is 11.3. The van der Waals surface area contributed by atoms with Crippen molar-refractivity contribution < 1.29 is 17.9 Å². The van der Waals surface area contributed by atoms with E-state index in [0.717, 1.165) is 5.56 Å². The number of hydrogen-bond donors (Lipinski definition) is 2. The van der Waals surface area contributed by atoms with Crippen LogP contribution in [-0.4, -0.2) is 12.9 Å². The molecular weight excluding hydrogens is 209 g/mol. The topological polar surface area (TPSA) is 47.3 Å². The molecule has 3 nitrogen and oxygen atoms in total. The number of hydrazine groups is 1. The van der Waals surface area contributed by atoms with Gasteiger partial charge in [0.1, 0.15) is 5.75 Å². The van der Waals surface area contributed by atoms with Crippen LogP contribution in [0, 0.1) is 0 Å². The standard InChI is InChI=1S/C9H11F3N2O/c10-9(11,12)15-8-3-1-2-7(6-8)4-5-14-13/h1-3,6,14H,4-5,13H2. The third-order valence-electron chi connectivity index (χ3n) is 1.69. The number of alkyl halides is 3. The Morgan fingerprint density at radius 2 is 2.07 bits per heavy atom. The maximum atomic E-state index is 11.9. The Morgan fingerprint density at radius 1 is 1.33 bits per heavy atom. The highest BCUT2D eigenvalue weighted by Gasteiger charge is 2.30. The molecule has 0 aromatic heterocycles. The van der Waals surface area contributed by atoms with Gasteiger partial charge in [-0.25, -0.2) is 0 Å². The molecule has 84 valence electrons. The highest BCUT2D eigenvalue weighted by molar-refractivity contribution is 5.28. The molecule has 0 atom stereocenters. The third-order valence-corrected chi connectivity index (χ3v) is 1.69. The summed E-state index contributed by atoms with van der Waals surface area (Å²) in [5.74, 6) is 4.84. The smallest absolute Gasteiger partial charge is 0.406 e. The van der Waals surface area contributed by atoms with Gasteiger partial charge in [0.05, 0.1) is 0 Å². The molecule has 0 saturated carbocycles. The van der Waals surface area contributed by atoms with Crippen LogP contribution in [0.3, 0.4) is 0 Å². The Hall–Kier alpha value is -1.27. The molecule has 0 spiro atoms. The van der Waals surface area contributed by atoms with Crippen molar-refractivity contribution >= 4 is 0 Å². The molecule has 6 heteroatoms. The van der Waals surface area contributed by atoms with Crippen LogP contribution in [-0.2, 0) is 6.42 Å². The van der Waals surface area contributed by atoms with Crippen molar-refractivity contribution in [3.63, 3.8) is 0 Å². The second-order valence-electron chi connectivity index (χ2n) is 2.90. The first-order chi connectivity index (χ1) is 7.01. The fourth-order valence-electron chi connectivity index (χ4n) is 1.11. The van der Waals surface area contributed by atoms with E-state index in [1.54, 1.807) is 6.07 Å². The van der Waals surface area contributed by atoms with E-state index < -0.39 is 6.36 Å². The summed E-state index contributed by atoms with van der Waals surface area (Å²) in [4.78, 5) is 0. The summed E-state index contributed by atoms with van der Waals surface area (Å²) in [5, 5.41) is 0.